The quantitative estimate of drug-likeness (QED) is 0.315. The third kappa shape index (κ3) is 8.93. The molecule has 2 rings (SSSR count). The van der Waals surface area contributed by atoms with Gasteiger partial charge in [-0.2, -0.15) is 0 Å². The van der Waals surface area contributed by atoms with Gasteiger partial charge in [-0.15, -0.1) is 20.4 Å². The molecular formula is C20H29N7OS2. The van der Waals surface area contributed by atoms with Crippen LogP contribution in [0.15, 0.2) is 36.1 Å². The van der Waals surface area contributed by atoms with Gasteiger partial charge in [0.25, 0.3) is 0 Å². The van der Waals surface area contributed by atoms with Crippen LogP contribution in [0.5, 0.6) is 0 Å². The number of nitrogens with zero attached hydrogens (tertiary/aromatic N) is 4. The van der Waals surface area contributed by atoms with Gasteiger partial charge in [0, 0.05) is 25.1 Å². The number of rotatable bonds is 13. The van der Waals surface area contributed by atoms with Crippen molar-refractivity contribution in [1.82, 2.24) is 25.7 Å². The van der Waals surface area contributed by atoms with Crippen molar-refractivity contribution in [3.63, 3.8) is 0 Å². The Hall–Kier alpha value is -2.43. The number of hydrogen-bond acceptors (Lipinski definition) is 9. The zero-order valence-corrected chi connectivity index (χ0v) is 19.4. The fourth-order valence-corrected chi connectivity index (χ4v) is 4.30. The Morgan fingerprint density at radius 3 is 2.07 bits per heavy atom. The molecule has 0 radical (unpaired) electrons. The Morgan fingerprint density at radius 2 is 1.53 bits per heavy atom. The highest BCUT2D eigenvalue weighted by Gasteiger charge is 2.10. The Balaban J connectivity index is 1.70. The monoisotopic (exact) mass is 447 g/mol. The number of carbonyl (C=O) groups is 1. The Labute approximate surface area is 185 Å². The molecule has 30 heavy (non-hydrogen) atoms. The number of likely N-dealkylation sites (N-methyl/N-ethyl adjacent to an activating group) is 1. The number of carbonyl (C=O) groups excluding carboxylic acids is 1. The van der Waals surface area contributed by atoms with E-state index in [4.69, 9.17) is 0 Å². The number of aryl methyl sites for hydroxylation is 2. The molecule has 0 saturated heterocycles. The number of allylic oxidation sites excluding steroid dienone is 2. The number of hydrogen-bond donors (Lipinski definition) is 3. The summed E-state index contributed by atoms with van der Waals surface area (Å²) in [5, 5.41) is 28.7. The third-order valence-electron chi connectivity index (χ3n) is 3.83. The molecular weight excluding hydrogens is 418 g/mol. The molecule has 1 amide bonds. The topological polar surface area (TPSA) is 105 Å². The summed E-state index contributed by atoms with van der Waals surface area (Å²) in [5.74, 6) is -0.133. The summed E-state index contributed by atoms with van der Waals surface area (Å²) in [5.41, 5.74) is 2.75. The number of amides is 1. The molecule has 0 unspecified atom stereocenters. The summed E-state index contributed by atoms with van der Waals surface area (Å²) in [6, 6.07) is 0. The molecule has 2 aromatic rings. The van der Waals surface area contributed by atoms with Gasteiger partial charge in [-0.1, -0.05) is 47.5 Å². The van der Waals surface area contributed by atoms with Gasteiger partial charge >= 0.3 is 0 Å². The zero-order valence-electron chi connectivity index (χ0n) is 17.7. The fraction of sp³-hybridized carbons (Fsp3) is 0.450. The van der Waals surface area contributed by atoms with Gasteiger partial charge in [-0.25, -0.2) is 0 Å². The van der Waals surface area contributed by atoms with E-state index in [2.05, 4.69) is 49.5 Å². The molecule has 0 fully saturated rings. The maximum atomic E-state index is 12.2. The molecule has 0 bridgehead atoms. The Kier molecular flexibility index (Phi) is 9.78. The summed E-state index contributed by atoms with van der Waals surface area (Å²) in [4.78, 5) is 12.2. The molecule has 3 N–H and O–H groups in total. The average Bonchev–Trinajstić information content (AvgIpc) is 3.27. The lowest BCUT2D eigenvalue weighted by molar-refractivity contribution is -0.115. The molecule has 2 aromatic heterocycles. The minimum absolute atomic E-state index is 0.133. The van der Waals surface area contributed by atoms with Gasteiger partial charge in [0.1, 0.15) is 10.0 Å². The van der Waals surface area contributed by atoms with Crippen molar-refractivity contribution in [3.05, 3.63) is 46.1 Å². The predicted molar refractivity (Wildman–Crippen MR) is 125 cm³/mol. The van der Waals surface area contributed by atoms with E-state index in [0.717, 1.165) is 64.2 Å². The summed E-state index contributed by atoms with van der Waals surface area (Å²) >= 11 is 2.96. The van der Waals surface area contributed by atoms with E-state index in [0.29, 0.717) is 5.13 Å². The lowest BCUT2D eigenvalue weighted by atomic mass is 10.1. The minimum Gasteiger partial charge on any atom is -0.335 e. The van der Waals surface area contributed by atoms with Gasteiger partial charge in [-0.3, -0.25) is 4.79 Å². The first-order chi connectivity index (χ1) is 14.4. The first-order valence-corrected chi connectivity index (χ1v) is 11.4. The summed E-state index contributed by atoms with van der Waals surface area (Å²) < 4.78 is 0. The highest BCUT2D eigenvalue weighted by molar-refractivity contribution is 7.15. The van der Waals surface area contributed by atoms with E-state index in [1.54, 1.807) is 11.3 Å². The standard InChI is InChI=1S/C20H29N7OS2/c1-13(2)22-19-26-24-17(29-19)8-6-7-9-18-25-27-20(30-18)23-16(28)11-14(3)10-15(4)12-21-5/h10,21H,1,3,6-9,11-12H2,2,4-5H3,(H,22,26)(H,23,27,28)/b15-10+. The van der Waals surface area contributed by atoms with Crippen LogP contribution >= 0.6 is 22.7 Å². The Morgan fingerprint density at radius 1 is 0.967 bits per heavy atom. The van der Waals surface area contributed by atoms with Gasteiger partial charge in [-0.05, 0) is 39.3 Å². The van der Waals surface area contributed by atoms with Gasteiger partial charge in [0.15, 0.2) is 0 Å². The highest BCUT2D eigenvalue weighted by atomic mass is 32.1. The van der Waals surface area contributed by atoms with Crippen LogP contribution in [-0.4, -0.2) is 39.9 Å². The zero-order chi connectivity index (χ0) is 21.9. The van der Waals surface area contributed by atoms with Crippen molar-refractivity contribution in [2.24, 2.45) is 0 Å². The van der Waals surface area contributed by atoms with Gasteiger partial charge in [0.05, 0.1) is 6.42 Å². The molecule has 2 heterocycles. The van der Waals surface area contributed by atoms with Gasteiger partial charge < -0.3 is 16.0 Å². The molecule has 0 aromatic carbocycles. The first-order valence-electron chi connectivity index (χ1n) is 9.72. The molecule has 8 nitrogen and oxygen atoms in total. The van der Waals surface area contributed by atoms with Gasteiger partial charge in [0.2, 0.25) is 16.2 Å². The maximum Gasteiger partial charge on any atom is 0.230 e. The first kappa shape index (κ1) is 23.8. The molecule has 0 spiro atoms. The highest BCUT2D eigenvalue weighted by Crippen LogP contribution is 2.21. The molecule has 10 heteroatoms. The smallest absolute Gasteiger partial charge is 0.230 e. The second-order valence-corrected chi connectivity index (χ2v) is 9.14. The van der Waals surface area contributed by atoms with Crippen LogP contribution in [0, 0.1) is 0 Å². The SMILES string of the molecule is C=C(/C=C(\C)CNC)CC(=O)Nc1nnc(CCCCc2nnc(NC(=C)C)s2)s1. The largest absolute Gasteiger partial charge is 0.335 e. The van der Waals surface area contributed by atoms with Crippen LogP contribution in [0.2, 0.25) is 0 Å². The van der Waals surface area contributed by atoms with E-state index < -0.39 is 0 Å². The molecule has 0 aliphatic rings. The maximum absolute atomic E-state index is 12.2. The number of aromatic nitrogens is 4. The van der Waals surface area contributed by atoms with Crippen molar-refractivity contribution < 1.29 is 4.79 Å². The van der Waals surface area contributed by atoms with Crippen LogP contribution in [0.25, 0.3) is 0 Å². The van der Waals surface area contributed by atoms with Crippen LogP contribution in [0.3, 0.4) is 0 Å². The van der Waals surface area contributed by atoms with Crippen LogP contribution in [0.1, 0.15) is 43.1 Å². The minimum atomic E-state index is -0.133. The second kappa shape index (κ2) is 12.3. The normalized spacial score (nSPS) is 11.4. The number of unbranched alkanes of at least 4 members (excludes halogenated alkanes) is 1. The summed E-state index contributed by atoms with van der Waals surface area (Å²) in [6.07, 6.45) is 5.82. The Bertz CT molecular complexity index is 901. The van der Waals surface area contributed by atoms with Crippen molar-refractivity contribution in [2.45, 2.75) is 46.0 Å². The fourth-order valence-electron chi connectivity index (χ4n) is 2.64. The lowest BCUT2D eigenvalue weighted by Gasteiger charge is -2.03. The number of nitrogens with one attached hydrogen (secondary N) is 3. The van der Waals surface area contributed by atoms with Crippen LogP contribution in [-0.2, 0) is 17.6 Å². The molecule has 0 aliphatic heterocycles. The van der Waals surface area contributed by atoms with Crippen molar-refractivity contribution in [3.8, 4) is 0 Å². The lowest BCUT2D eigenvalue weighted by Crippen LogP contribution is -2.12. The molecule has 0 saturated carbocycles. The van der Waals surface area contributed by atoms with Crippen molar-refractivity contribution in [2.75, 3.05) is 24.2 Å². The van der Waals surface area contributed by atoms with E-state index in [1.165, 1.54) is 11.3 Å². The average molecular weight is 448 g/mol. The van der Waals surface area contributed by atoms with Crippen LogP contribution < -0.4 is 16.0 Å². The van der Waals surface area contributed by atoms with E-state index in [1.807, 2.05) is 27.0 Å². The van der Waals surface area contributed by atoms with Crippen molar-refractivity contribution >= 4 is 38.8 Å². The van der Waals surface area contributed by atoms with Crippen molar-refractivity contribution in [1.29, 1.82) is 0 Å². The van der Waals surface area contributed by atoms with E-state index in [9.17, 15) is 4.79 Å². The van der Waals surface area contributed by atoms with E-state index >= 15 is 0 Å². The van der Waals surface area contributed by atoms with E-state index in [-0.39, 0.29) is 12.3 Å². The predicted octanol–water partition coefficient (Wildman–Crippen LogP) is 3.95. The molecule has 0 atom stereocenters. The summed E-state index contributed by atoms with van der Waals surface area (Å²) in [6.45, 7) is 12.4. The third-order valence-corrected chi connectivity index (χ3v) is 5.62. The molecule has 0 aliphatic carbocycles. The molecule has 162 valence electrons. The summed E-state index contributed by atoms with van der Waals surface area (Å²) in [7, 11) is 1.88. The second-order valence-electron chi connectivity index (χ2n) is 7.02. The van der Waals surface area contributed by atoms with Crippen LogP contribution in [0.4, 0.5) is 10.3 Å². The number of anilines is 2.